The fourth-order valence-electron chi connectivity index (χ4n) is 4.14. The van der Waals surface area contributed by atoms with Crippen LogP contribution in [-0.4, -0.2) is 66.2 Å². The van der Waals surface area contributed by atoms with Crippen molar-refractivity contribution in [3.05, 3.63) is 40.9 Å². The average Bonchev–Trinajstić information content (AvgIpc) is 3.59. The zero-order chi connectivity index (χ0) is 34.0. The van der Waals surface area contributed by atoms with Crippen LogP contribution in [0.4, 0.5) is 19.0 Å². The maximum Gasteiger partial charge on any atom is 0.397 e. The maximum atomic E-state index is 13.5. The molecule has 0 aliphatic carbocycles. The summed E-state index contributed by atoms with van der Waals surface area (Å²) >= 11 is 0. The fraction of sp³-hybridized carbons (Fsp3) is 0.538. The lowest BCUT2D eigenvalue weighted by Gasteiger charge is -2.34. The molecule has 2 aromatic rings. The molecule has 1 fully saturated rings. The standard InChI is InChI=1S/C26H33F3N6O4S/c1-16-13-25(5,6)34(14-16)22-18(23(36)33-40(37,38)19-9-11-30-17(19)2)7-8-20(31-22)35-12-10-21(32-35)39-15-24(3,4)26(27,28)29/h7-10,12,16H,11,13-15H2,1-6H3,(H,33,36)/t16-/m0/s1/i1D3,13D2. The minimum absolute atomic E-state index is 0.00418. The molecular formula is C26H33F3N6O4S. The molecule has 0 aromatic carbocycles. The van der Waals surface area contributed by atoms with Crippen molar-refractivity contribution in [2.24, 2.45) is 16.3 Å². The van der Waals surface area contributed by atoms with Gasteiger partial charge in [0.25, 0.3) is 15.9 Å². The minimum atomic E-state index is -4.53. The van der Waals surface area contributed by atoms with E-state index in [0.717, 1.165) is 18.5 Å². The van der Waals surface area contributed by atoms with E-state index in [1.165, 1.54) is 56.1 Å². The highest BCUT2D eigenvalue weighted by Crippen LogP contribution is 2.39. The molecule has 1 N–H and O–H groups in total. The Morgan fingerprint density at radius 1 is 1.30 bits per heavy atom. The van der Waals surface area contributed by atoms with E-state index in [9.17, 15) is 26.4 Å². The lowest BCUT2D eigenvalue weighted by atomic mass is 9.94. The van der Waals surface area contributed by atoms with Crippen LogP contribution in [0.3, 0.4) is 0 Å². The second kappa shape index (κ2) is 10.2. The van der Waals surface area contributed by atoms with Crippen LogP contribution < -0.4 is 14.4 Å². The van der Waals surface area contributed by atoms with Crippen LogP contribution in [0.25, 0.3) is 5.82 Å². The second-order valence-corrected chi connectivity index (χ2v) is 12.3. The van der Waals surface area contributed by atoms with Gasteiger partial charge < -0.3 is 9.64 Å². The SMILES string of the molecule is [2H]C([2H])([2H])[C@@H]1CN(c2nc(-n3ccc(OCC(C)(C)C(F)(F)F)n3)ccc2C(=O)NS(=O)(=O)C2=CCN=C2C)C(C)(C)C1([2H])[2H]. The summed E-state index contributed by atoms with van der Waals surface area (Å²) in [5.41, 5.74) is -3.84. The number of hydrogen-bond donors (Lipinski definition) is 1. The molecule has 0 saturated carbocycles. The van der Waals surface area contributed by atoms with E-state index in [1.54, 1.807) is 0 Å². The smallest absolute Gasteiger partial charge is 0.397 e. The Kier molecular flexibility index (Phi) is 5.94. The molecule has 1 amide bonds. The molecule has 218 valence electrons. The highest BCUT2D eigenvalue weighted by molar-refractivity contribution is 7.95. The van der Waals surface area contributed by atoms with Gasteiger partial charge in [-0.15, -0.1) is 5.10 Å². The van der Waals surface area contributed by atoms with Crippen LogP contribution in [-0.2, 0) is 10.0 Å². The topological polar surface area (TPSA) is 119 Å². The summed E-state index contributed by atoms with van der Waals surface area (Å²) in [6, 6.07) is 3.81. The first-order valence-corrected chi connectivity index (χ1v) is 13.7. The molecule has 1 saturated heterocycles. The fourth-order valence-corrected chi connectivity index (χ4v) is 5.35. The Balaban J connectivity index is 1.76. The molecule has 0 bridgehead atoms. The molecule has 0 radical (unpaired) electrons. The van der Waals surface area contributed by atoms with Gasteiger partial charge in [-0.1, -0.05) is 6.85 Å². The highest BCUT2D eigenvalue weighted by Gasteiger charge is 2.48. The van der Waals surface area contributed by atoms with Crippen molar-refractivity contribution in [2.45, 2.75) is 59.6 Å². The minimum Gasteiger partial charge on any atom is -0.476 e. The van der Waals surface area contributed by atoms with Crippen molar-refractivity contribution in [3.8, 4) is 11.7 Å². The molecule has 10 nitrogen and oxygen atoms in total. The Morgan fingerprint density at radius 3 is 2.62 bits per heavy atom. The number of ether oxygens (including phenoxy) is 1. The van der Waals surface area contributed by atoms with Gasteiger partial charge in [-0.05, 0) is 65.1 Å². The number of sulfonamides is 1. The van der Waals surface area contributed by atoms with Crippen molar-refractivity contribution in [3.63, 3.8) is 0 Å². The molecule has 40 heavy (non-hydrogen) atoms. The maximum absolute atomic E-state index is 13.5. The van der Waals surface area contributed by atoms with Crippen LogP contribution in [0.5, 0.6) is 5.88 Å². The third kappa shape index (κ3) is 5.86. The number of rotatable bonds is 8. The van der Waals surface area contributed by atoms with Crippen LogP contribution in [0.2, 0.25) is 0 Å². The number of nitrogens with zero attached hydrogens (tertiary/aromatic N) is 5. The summed E-state index contributed by atoms with van der Waals surface area (Å²) in [6.45, 7) is 2.56. The largest absolute Gasteiger partial charge is 0.476 e. The Morgan fingerprint density at radius 2 is 2.02 bits per heavy atom. The van der Waals surface area contributed by atoms with Gasteiger partial charge in [0, 0.05) is 31.2 Å². The van der Waals surface area contributed by atoms with Gasteiger partial charge in [0.1, 0.15) is 17.3 Å². The molecule has 0 unspecified atom stereocenters. The molecule has 2 aliphatic heterocycles. The summed E-state index contributed by atoms with van der Waals surface area (Å²) in [5.74, 6) is -3.01. The van der Waals surface area contributed by atoms with Crippen molar-refractivity contribution in [1.29, 1.82) is 0 Å². The first-order valence-electron chi connectivity index (χ1n) is 14.7. The van der Waals surface area contributed by atoms with E-state index < -0.39 is 65.4 Å². The monoisotopic (exact) mass is 587 g/mol. The van der Waals surface area contributed by atoms with E-state index in [-0.39, 0.29) is 40.2 Å². The van der Waals surface area contributed by atoms with Gasteiger partial charge in [0.05, 0.1) is 23.2 Å². The van der Waals surface area contributed by atoms with Gasteiger partial charge in [-0.2, -0.15) is 13.2 Å². The van der Waals surface area contributed by atoms with E-state index >= 15 is 0 Å². The van der Waals surface area contributed by atoms with Crippen LogP contribution in [0, 0.1) is 11.3 Å². The van der Waals surface area contributed by atoms with Gasteiger partial charge in [0.15, 0.2) is 5.82 Å². The Bertz CT molecular complexity index is 1670. The summed E-state index contributed by atoms with van der Waals surface area (Å²) in [5, 5.41) is 4.11. The Labute approximate surface area is 238 Å². The number of nitrogens with one attached hydrogen (secondary N) is 1. The number of allylic oxidation sites excluding steroid dienone is 1. The molecule has 2 aromatic heterocycles. The molecule has 2 aliphatic rings. The number of carbonyl (C=O) groups is 1. The van der Waals surface area contributed by atoms with Crippen molar-refractivity contribution >= 4 is 27.5 Å². The molecule has 4 rings (SSSR count). The van der Waals surface area contributed by atoms with Gasteiger partial charge >= 0.3 is 6.18 Å². The number of aromatic nitrogens is 3. The first-order chi connectivity index (χ1) is 20.4. The van der Waals surface area contributed by atoms with E-state index in [2.05, 4.69) is 15.1 Å². The summed E-state index contributed by atoms with van der Waals surface area (Å²) in [4.78, 5) is 23.1. The van der Waals surface area contributed by atoms with E-state index in [4.69, 9.17) is 11.6 Å². The molecule has 4 heterocycles. The lowest BCUT2D eigenvalue weighted by Crippen LogP contribution is -2.41. The predicted molar refractivity (Wildman–Crippen MR) is 144 cm³/mol. The van der Waals surface area contributed by atoms with Crippen LogP contribution in [0.15, 0.2) is 40.4 Å². The van der Waals surface area contributed by atoms with Crippen molar-refractivity contribution in [1.82, 2.24) is 19.5 Å². The average molecular weight is 588 g/mol. The number of anilines is 1. The first kappa shape index (κ1) is 23.3. The molecule has 0 spiro atoms. The quantitative estimate of drug-likeness (QED) is 0.490. The van der Waals surface area contributed by atoms with Gasteiger partial charge in [-0.25, -0.2) is 22.8 Å². The van der Waals surface area contributed by atoms with Crippen LogP contribution >= 0.6 is 0 Å². The number of aliphatic imine (C=N–C) groups is 1. The van der Waals surface area contributed by atoms with E-state index in [1.807, 2.05) is 4.72 Å². The second-order valence-electron chi connectivity index (χ2n) is 10.6. The summed E-state index contributed by atoms with van der Waals surface area (Å²) in [6.07, 6.45) is -4.19. The van der Waals surface area contributed by atoms with Crippen molar-refractivity contribution in [2.75, 3.05) is 24.6 Å². The zero-order valence-corrected chi connectivity index (χ0v) is 23.3. The van der Waals surface area contributed by atoms with Crippen LogP contribution in [0.1, 0.15) is 65.1 Å². The summed E-state index contributed by atoms with van der Waals surface area (Å²) in [7, 11) is -4.36. The third-order valence-corrected chi connectivity index (χ3v) is 8.05. The Hall–Kier alpha value is -3.42. The normalized spacial score (nSPS) is 22.9. The van der Waals surface area contributed by atoms with Gasteiger partial charge in [-0.3, -0.25) is 9.79 Å². The number of hydrogen-bond acceptors (Lipinski definition) is 8. The molecular weight excluding hydrogens is 549 g/mol. The summed E-state index contributed by atoms with van der Waals surface area (Å²) < 4.78 is 116. The lowest BCUT2D eigenvalue weighted by molar-refractivity contribution is -0.219. The molecule has 14 heteroatoms. The van der Waals surface area contributed by atoms with Gasteiger partial charge in [0.2, 0.25) is 5.88 Å². The number of carbonyl (C=O) groups excluding carboxylic acids is 1. The van der Waals surface area contributed by atoms with E-state index in [0.29, 0.717) is 0 Å². The third-order valence-electron chi connectivity index (χ3n) is 6.55. The number of pyridine rings is 1. The number of amides is 1. The number of halogens is 3. The molecule has 1 atom stereocenters. The highest BCUT2D eigenvalue weighted by atomic mass is 32.2. The van der Waals surface area contributed by atoms with Crippen molar-refractivity contribution < 1.29 is 38.0 Å². The predicted octanol–water partition coefficient (Wildman–Crippen LogP) is 4.28. The zero-order valence-electron chi connectivity index (χ0n) is 27.5. The number of alkyl halides is 3.